The third-order valence-electron chi connectivity index (χ3n) is 8.86. The Morgan fingerprint density at radius 1 is 0.605 bits per heavy atom. The second-order valence-electron chi connectivity index (χ2n) is 11.1. The second-order valence-corrected chi connectivity index (χ2v) is 13.2. The second kappa shape index (κ2) is 9.15. The zero-order chi connectivity index (χ0) is 28.7. The molecule has 0 N–H and O–H groups in total. The van der Waals surface area contributed by atoms with E-state index in [0.717, 1.165) is 22.2 Å². The number of benzene rings is 5. The van der Waals surface area contributed by atoms with Crippen LogP contribution in [0.5, 0.6) is 0 Å². The maximum Gasteiger partial charge on any atom is 0.0991 e. The standard InChI is InChI=1S/C38H21N3S2/c39-20-22-9-14-34(41-32-7-3-1-5-25(32)26-6-2-4-8-33(26)41)29(17-22)24-11-16-36-31(19-24)28-13-12-27-30-18-23(21-40)10-15-35(30)42-37(27)38(28)43-36/h1-19,25,32H. The molecule has 5 aromatic carbocycles. The Balaban J connectivity index is 1.25. The average Bonchev–Trinajstić information content (AvgIpc) is 3.73. The molecule has 5 heteroatoms. The fourth-order valence-corrected chi connectivity index (χ4v) is 9.42. The van der Waals surface area contributed by atoms with E-state index in [1.54, 1.807) is 11.3 Å². The lowest BCUT2D eigenvalue weighted by molar-refractivity contribution is 0.745. The number of anilines is 2. The van der Waals surface area contributed by atoms with Crippen molar-refractivity contribution in [3.05, 3.63) is 132 Å². The third-order valence-corrected chi connectivity index (χ3v) is 11.4. The molecule has 1 aliphatic heterocycles. The van der Waals surface area contributed by atoms with Crippen LogP contribution in [0, 0.1) is 22.7 Å². The first-order valence-electron chi connectivity index (χ1n) is 14.2. The molecule has 0 bridgehead atoms. The number of nitriles is 2. The van der Waals surface area contributed by atoms with Crippen LogP contribution in [0.25, 0.3) is 51.5 Å². The van der Waals surface area contributed by atoms with E-state index in [1.165, 1.54) is 46.2 Å². The van der Waals surface area contributed by atoms with Crippen molar-refractivity contribution in [2.45, 2.75) is 12.0 Å². The maximum atomic E-state index is 9.88. The van der Waals surface area contributed by atoms with Crippen LogP contribution in [0.3, 0.4) is 0 Å². The smallest absolute Gasteiger partial charge is 0.0991 e. The van der Waals surface area contributed by atoms with E-state index in [1.807, 2.05) is 35.6 Å². The van der Waals surface area contributed by atoms with Crippen molar-refractivity contribution >= 4 is 74.4 Å². The molecule has 0 saturated carbocycles. The minimum Gasteiger partial charge on any atom is -0.333 e. The lowest BCUT2D eigenvalue weighted by Crippen LogP contribution is -2.29. The third kappa shape index (κ3) is 3.50. The summed E-state index contributed by atoms with van der Waals surface area (Å²) < 4.78 is 5.00. The zero-order valence-electron chi connectivity index (χ0n) is 22.8. The van der Waals surface area contributed by atoms with E-state index >= 15 is 0 Å². The molecule has 2 atom stereocenters. The predicted octanol–water partition coefficient (Wildman–Crippen LogP) is 10.6. The predicted molar refractivity (Wildman–Crippen MR) is 180 cm³/mol. The van der Waals surface area contributed by atoms with Crippen molar-refractivity contribution in [3.8, 4) is 23.3 Å². The Bertz CT molecular complexity index is 2460. The maximum absolute atomic E-state index is 9.88. The molecule has 2 aromatic heterocycles. The highest BCUT2D eigenvalue weighted by Gasteiger charge is 2.38. The molecule has 0 spiro atoms. The molecule has 2 aliphatic rings. The molecule has 0 fully saturated rings. The van der Waals surface area contributed by atoms with Crippen LogP contribution in [-0.4, -0.2) is 6.04 Å². The van der Waals surface area contributed by atoms with E-state index in [-0.39, 0.29) is 6.04 Å². The summed E-state index contributed by atoms with van der Waals surface area (Å²) in [7, 11) is 0. The first-order chi connectivity index (χ1) is 21.2. The van der Waals surface area contributed by atoms with Crippen molar-refractivity contribution < 1.29 is 0 Å². The van der Waals surface area contributed by atoms with Gasteiger partial charge in [0.15, 0.2) is 0 Å². The Morgan fingerprint density at radius 3 is 2.07 bits per heavy atom. The molecule has 200 valence electrons. The Labute approximate surface area is 256 Å². The summed E-state index contributed by atoms with van der Waals surface area (Å²) in [5, 5.41) is 24.2. The van der Waals surface area contributed by atoms with Crippen molar-refractivity contribution in [2.75, 3.05) is 4.90 Å². The van der Waals surface area contributed by atoms with E-state index < -0.39 is 0 Å². The summed E-state index contributed by atoms with van der Waals surface area (Å²) in [6.45, 7) is 0. The molecular formula is C38H21N3S2. The lowest BCUT2D eigenvalue weighted by Gasteiger charge is -2.30. The topological polar surface area (TPSA) is 50.8 Å². The highest BCUT2D eigenvalue weighted by Crippen LogP contribution is 2.51. The van der Waals surface area contributed by atoms with Gasteiger partial charge in [0.05, 0.1) is 38.7 Å². The summed E-state index contributed by atoms with van der Waals surface area (Å²) in [5.41, 5.74) is 7.16. The number of thiophene rings is 2. The lowest BCUT2D eigenvalue weighted by atomic mass is 9.91. The normalized spacial score (nSPS) is 17.0. The van der Waals surface area contributed by atoms with E-state index in [4.69, 9.17) is 0 Å². The minimum atomic E-state index is 0.183. The van der Waals surface area contributed by atoms with Gasteiger partial charge in [-0.1, -0.05) is 60.7 Å². The number of allylic oxidation sites excluding steroid dienone is 2. The summed E-state index contributed by atoms with van der Waals surface area (Å²) in [6.07, 6.45) is 8.87. The van der Waals surface area contributed by atoms with Gasteiger partial charge in [-0.2, -0.15) is 10.5 Å². The summed E-state index contributed by atoms with van der Waals surface area (Å²) >= 11 is 3.63. The number of para-hydroxylation sites is 1. The van der Waals surface area contributed by atoms with Crippen LogP contribution in [-0.2, 0) is 0 Å². The fourth-order valence-electron chi connectivity index (χ4n) is 6.92. The van der Waals surface area contributed by atoms with E-state index in [9.17, 15) is 10.5 Å². The zero-order valence-corrected chi connectivity index (χ0v) is 24.4. The highest BCUT2D eigenvalue weighted by molar-refractivity contribution is 7.33. The van der Waals surface area contributed by atoms with Gasteiger partial charge in [-0.25, -0.2) is 0 Å². The van der Waals surface area contributed by atoms with Gasteiger partial charge in [0, 0.05) is 53.8 Å². The SMILES string of the molecule is N#Cc1ccc(N2c3ccccc3C3C=CC=CC32)c(-c2ccc3sc4c(ccc5c6cc(C#N)ccc6sc54)c3c2)c1. The van der Waals surface area contributed by atoms with Gasteiger partial charge in [-0.05, 0) is 65.7 Å². The number of nitrogens with zero attached hydrogens (tertiary/aromatic N) is 3. The van der Waals surface area contributed by atoms with Gasteiger partial charge >= 0.3 is 0 Å². The van der Waals surface area contributed by atoms with Gasteiger partial charge in [-0.15, -0.1) is 22.7 Å². The quantitative estimate of drug-likeness (QED) is 0.203. The minimum absolute atomic E-state index is 0.183. The van der Waals surface area contributed by atoms with Crippen LogP contribution >= 0.6 is 22.7 Å². The van der Waals surface area contributed by atoms with Gasteiger partial charge in [0.25, 0.3) is 0 Å². The van der Waals surface area contributed by atoms with Crippen molar-refractivity contribution in [1.29, 1.82) is 10.5 Å². The van der Waals surface area contributed by atoms with Crippen LogP contribution in [0.4, 0.5) is 11.4 Å². The van der Waals surface area contributed by atoms with Crippen molar-refractivity contribution in [3.63, 3.8) is 0 Å². The van der Waals surface area contributed by atoms with Crippen LogP contribution in [0.15, 0.2) is 115 Å². The average molecular weight is 584 g/mol. The van der Waals surface area contributed by atoms with Crippen LogP contribution < -0.4 is 4.90 Å². The Hall–Kier alpha value is -5.20. The van der Waals surface area contributed by atoms with Gasteiger partial charge in [-0.3, -0.25) is 0 Å². The molecule has 9 rings (SSSR count). The van der Waals surface area contributed by atoms with Gasteiger partial charge < -0.3 is 4.90 Å². The molecule has 2 unspecified atom stereocenters. The highest BCUT2D eigenvalue weighted by atomic mass is 32.1. The van der Waals surface area contributed by atoms with E-state index in [2.05, 4.69) is 108 Å². The molecule has 1 aliphatic carbocycles. The first kappa shape index (κ1) is 24.4. The monoisotopic (exact) mass is 583 g/mol. The molecular weight excluding hydrogens is 563 g/mol. The molecule has 0 saturated heterocycles. The number of rotatable bonds is 2. The number of fused-ring (bicyclic) bond motifs is 10. The number of hydrogen-bond acceptors (Lipinski definition) is 5. The largest absolute Gasteiger partial charge is 0.333 e. The molecule has 43 heavy (non-hydrogen) atoms. The Kier molecular flexibility index (Phi) is 5.19. The van der Waals surface area contributed by atoms with Gasteiger partial charge in [0.2, 0.25) is 0 Å². The summed E-state index contributed by atoms with van der Waals surface area (Å²) in [5.74, 6) is 0.293. The van der Waals surface area contributed by atoms with Crippen LogP contribution in [0.1, 0.15) is 22.6 Å². The summed E-state index contributed by atoms with van der Waals surface area (Å²) in [6, 6.07) is 36.8. The molecule has 7 aromatic rings. The fraction of sp³-hybridized carbons (Fsp3) is 0.0526. The van der Waals surface area contributed by atoms with Crippen LogP contribution in [0.2, 0.25) is 0 Å². The Morgan fingerprint density at radius 2 is 1.28 bits per heavy atom. The van der Waals surface area contributed by atoms with Crippen molar-refractivity contribution in [2.24, 2.45) is 0 Å². The van der Waals surface area contributed by atoms with Crippen molar-refractivity contribution in [1.82, 2.24) is 0 Å². The van der Waals surface area contributed by atoms with Gasteiger partial charge in [0.1, 0.15) is 0 Å². The molecule has 0 amide bonds. The molecule has 3 nitrogen and oxygen atoms in total. The molecule has 3 heterocycles. The number of hydrogen-bond donors (Lipinski definition) is 0. The van der Waals surface area contributed by atoms with E-state index in [0.29, 0.717) is 17.0 Å². The first-order valence-corrected chi connectivity index (χ1v) is 15.8. The summed E-state index contributed by atoms with van der Waals surface area (Å²) in [4.78, 5) is 2.45. The molecule has 0 radical (unpaired) electrons.